The SMILES string of the molecule is CCOc1nc(S(C)(=O)=O)c(Cl)c(Cl)c1Cl. The molecule has 0 atom stereocenters. The van der Waals surface area contributed by atoms with Crippen molar-refractivity contribution in [3.8, 4) is 5.88 Å². The molecule has 0 N–H and O–H groups in total. The summed E-state index contributed by atoms with van der Waals surface area (Å²) in [6.07, 6.45) is 0.973. The first-order valence-corrected chi connectivity index (χ1v) is 7.19. The molecule has 1 rings (SSSR count). The second-order valence-corrected chi connectivity index (χ2v) is 5.93. The van der Waals surface area contributed by atoms with Gasteiger partial charge in [0.25, 0.3) is 0 Å². The van der Waals surface area contributed by atoms with Crippen LogP contribution in [0.5, 0.6) is 5.88 Å². The molecular formula is C8H8Cl3NO3S. The van der Waals surface area contributed by atoms with Crippen molar-refractivity contribution in [2.45, 2.75) is 11.9 Å². The van der Waals surface area contributed by atoms with Crippen molar-refractivity contribution in [2.75, 3.05) is 12.9 Å². The molecule has 0 saturated heterocycles. The summed E-state index contributed by atoms with van der Waals surface area (Å²) >= 11 is 17.3. The highest BCUT2D eigenvalue weighted by atomic mass is 35.5. The first-order valence-electron chi connectivity index (χ1n) is 4.16. The number of pyridine rings is 1. The summed E-state index contributed by atoms with van der Waals surface area (Å²) < 4.78 is 27.8. The highest BCUT2D eigenvalue weighted by Crippen LogP contribution is 2.39. The smallest absolute Gasteiger partial charge is 0.235 e. The predicted octanol–water partition coefficient (Wildman–Crippen LogP) is 2.84. The van der Waals surface area contributed by atoms with Crippen LogP contribution in [0.3, 0.4) is 0 Å². The third-order valence-corrected chi connectivity index (χ3v) is 4.00. The average Bonchev–Trinajstić information content (AvgIpc) is 2.17. The molecule has 4 nitrogen and oxygen atoms in total. The molecule has 8 heteroatoms. The van der Waals surface area contributed by atoms with Crippen LogP contribution in [0.1, 0.15) is 6.92 Å². The molecule has 1 aromatic heterocycles. The maximum absolute atomic E-state index is 11.4. The van der Waals surface area contributed by atoms with Gasteiger partial charge >= 0.3 is 0 Å². The zero-order valence-electron chi connectivity index (χ0n) is 8.42. The lowest BCUT2D eigenvalue weighted by atomic mass is 10.5. The molecule has 0 radical (unpaired) electrons. The highest BCUT2D eigenvalue weighted by Gasteiger charge is 2.22. The molecule has 0 aliphatic rings. The van der Waals surface area contributed by atoms with Crippen LogP contribution in [0, 0.1) is 0 Å². The number of hydrogen-bond donors (Lipinski definition) is 0. The molecule has 1 heterocycles. The second-order valence-electron chi connectivity index (χ2n) is 2.87. The van der Waals surface area contributed by atoms with Gasteiger partial charge in [-0.25, -0.2) is 8.42 Å². The van der Waals surface area contributed by atoms with Crippen LogP contribution in [0.15, 0.2) is 5.03 Å². The third kappa shape index (κ3) is 2.71. The van der Waals surface area contributed by atoms with Gasteiger partial charge in [-0.05, 0) is 6.92 Å². The van der Waals surface area contributed by atoms with Crippen molar-refractivity contribution in [1.82, 2.24) is 4.98 Å². The number of halogens is 3. The van der Waals surface area contributed by atoms with Crippen LogP contribution in [0.25, 0.3) is 0 Å². The topological polar surface area (TPSA) is 56.3 Å². The number of nitrogens with zero attached hydrogens (tertiary/aromatic N) is 1. The molecular weight excluding hydrogens is 297 g/mol. The maximum atomic E-state index is 11.4. The van der Waals surface area contributed by atoms with Crippen LogP contribution in [0.4, 0.5) is 0 Å². The van der Waals surface area contributed by atoms with E-state index in [1.165, 1.54) is 0 Å². The van der Waals surface area contributed by atoms with Crippen molar-refractivity contribution in [3.05, 3.63) is 15.1 Å². The monoisotopic (exact) mass is 303 g/mol. The lowest BCUT2D eigenvalue weighted by Gasteiger charge is -2.09. The summed E-state index contributed by atoms with van der Waals surface area (Å²) in [5, 5.41) is -0.618. The van der Waals surface area contributed by atoms with Gasteiger partial charge in [0, 0.05) is 6.26 Å². The summed E-state index contributed by atoms with van der Waals surface area (Å²) in [7, 11) is -3.58. The molecule has 0 amide bonds. The first kappa shape index (κ1) is 13.8. The Bertz CT molecular complexity index is 516. The van der Waals surface area contributed by atoms with Crippen LogP contribution in [-0.4, -0.2) is 26.3 Å². The van der Waals surface area contributed by atoms with Crippen molar-refractivity contribution in [2.24, 2.45) is 0 Å². The Morgan fingerprint density at radius 2 is 1.75 bits per heavy atom. The van der Waals surface area contributed by atoms with Gasteiger partial charge in [0.1, 0.15) is 5.02 Å². The van der Waals surface area contributed by atoms with Gasteiger partial charge in [0.2, 0.25) is 5.88 Å². The van der Waals surface area contributed by atoms with Crippen LogP contribution < -0.4 is 4.74 Å². The lowest BCUT2D eigenvalue weighted by molar-refractivity contribution is 0.324. The zero-order chi connectivity index (χ0) is 12.5. The van der Waals surface area contributed by atoms with Gasteiger partial charge in [0.15, 0.2) is 14.9 Å². The first-order chi connectivity index (χ1) is 7.29. The molecule has 90 valence electrons. The third-order valence-electron chi connectivity index (χ3n) is 1.60. The number of ether oxygens (including phenoxy) is 1. The van der Waals surface area contributed by atoms with E-state index in [0.717, 1.165) is 6.26 Å². The lowest BCUT2D eigenvalue weighted by Crippen LogP contribution is -2.05. The maximum Gasteiger partial charge on any atom is 0.235 e. The molecule has 0 aliphatic heterocycles. The Morgan fingerprint density at radius 3 is 2.19 bits per heavy atom. The molecule has 0 saturated carbocycles. The summed E-state index contributed by atoms with van der Waals surface area (Å²) in [5.41, 5.74) is 0. The molecule has 0 aliphatic carbocycles. The van der Waals surface area contributed by atoms with E-state index in [0.29, 0.717) is 0 Å². The van der Waals surface area contributed by atoms with E-state index in [-0.39, 0.29) is 32.6 Å². The van der Waals surface area contributed by atoms with E-state index >= 15 is 0 Å². The minimum atomic E-state index is -3.58. The molecule has 0 aromatic carbocycles. The van der Waals surface area contributed by atoms with E-state index < -0.39 is 9.84 Å². The van der Waals surface area contributed by atoms with Crippen molar-refractivity contribution in [3.63, 3.8) is 0 Å². The fourth-order valence-corrected chi connectivity index (χ4v) is 2.65. The standard InChI is InChI=1S/C8H8Cl3NO3S/c1-3-15-7-5(10)4(9)6(11)8(12-7)16(2,13)14/h3H2,1-2H3. The van der Waals surface area contributed by atoms with Crippen LogP contribution in [-0.2, 0) is 9.84 Å². The van der Waals surface area contributed by atoms with Crippen molar-refractivity contribution in [1.29, 1.82) is 0 Å². The number of sulfone groups is 1. The summed E-state index contributed by atoms with van der Waals surface area (Å²) in [5.74, 6) is -0.0426. The Morgan fingerprint density at radius 1 is 1.19 bits per heavy atom. The van der Waals surface area contributed by atoms with E-state index in [1.807, 2.05) is 0 Å². The van der Waals surface area contributed by atoms with Crippen LogP contribution in [0.2, 0.25) is 15.1 Å². The minimum Gasteiger partial charge on any atom is -0.477 e. The molecule has 1 aromatic rings. The number of rotatable bonds is 3. The van der Waals surface area contributed by atoms with Gasteiger partial charge in [-0.3, -0.25) is 0 Å². The fraction of sp³-hybridized carbons (Fsp3) is 0.375. The average molecular weight is 305 g/mol. The van der Waals surface area contributed by atoms with Gasteiger partial charge in [-0.15, -0.1) is 0 Å². The Balaban J connectivity index is 3.54. The zero-order valence-corrected chi connectivity index (χ0v) is 11.5. The quantitative estimate of drug-likeness (QED) is 0.861. The van der Waals surface area contributed by atoms with Crippen molar-refractivity contribution >= 4 is 44.6 Å². The fourth-order valence-electron chi connectivity index (χ4n) is 0.953. The van der Waals surface area contributed by atoms with E-state index in [4.69, 9.17) is 39.5 Å². The summed E-state index contributed by atoms with van der Waals surface area (Å²) in [4.78, 5) is 3.74. The van der Waals surface area contributed by atoms with E-state index in [1.54, 1.807) is 6.92 Å². The van der Waals surface area contributed by atoms with Crippen molar-refractivity contribution < 1.29 is 13.2 Å². The highest BCUT2D eigenvalue weighted by molar-refractivity contribution is 7.90. The molecule has 0 unspecified atom stereocenters. The Hall–Kier alpha value is -0.230. The van der Waals surface area contributed by atoms with Gasteiger partial charge < -0.3 is 4.74 Å². The molecule has 0 fully saturated rings. The summed E-state index contributed by atoms with van der Waals surface area (Å²) in [6, 6.07) is 0. The largest absolute Gasteiger partial charge is 0.477 e. The number of aromatic nitrogens is 1. The number of hydrogen-bond acceptors (Lipinski definition) is 4. The van der Waals surface area contributed by atoms with Gasteiger partial charge in [0.05, 0.1) is 16.7 Å². The second kappa shape index (κ2) is 4.96. The predicted molar refractivity (Wildman–Crippen MR) is 63.5 cm³/mol. The van der Waals surface area contributed by atoms with E-state index in [9.17, 15) is 8.42 Å². The van der Waals surface area contributed by atoms with E-state index in [2.05, 4.69) is 4.98 Å². The Kier molecular flexibility index (Phi) is 4.29. The van der Waals surface area contributed by atoms with Crippen LogP contribution >= 0.6 is 34.8 Å². The summed E-state index contributed by atoms with van der Waals surface area (Å²) in [6.45, 7) is 1.99. The Labute approximate surface area is 108 Å². The van der Waals surface area contributed by atoms with Gasteiger partial charge in [-0.1, -0.05) is 34.8 Å². The molecule has 16 heavy (non-hydrogen) atoms. The molecule has 0 spiro atoms. The minimum absolute atomic E-state index is 0.000849. The molecule has 0 bridgehead atoms. The normalized spacial score (nSPS) is 11.6. The van der Waals surface area contributed by atoms with Gasteiger partial charge in [-0.2, -0.15) is 4.98 Å².